The third kappa shape index (κ3) is 4.94. The minimum atomic E-state index is -0.116. The van der Waals surface area contributed by atoms with Gasteiger partial charge in [0.1, 0.15) is 11.3 Å². The van der Waals surface area contributed by atoms with Gasteiger partial charge in [0.2, 0.25) is 11.7 Å². The Bertz CT molecular complexity index is 1200. The topological polar surface area (TPSA) is 82.2 Å². The zero-order chi connectivity index (χ0) is 21.8. The summed E-state index contributed by atoms with van der Waals surface area (Å²) in [6, 6.07) is 15.1. The molecule has 0 bridgehead atoms. The minimum Gasteiger partial charge on any atom is -0.494 e. The Morgan fingerprint density at radius 2 is 1.97 bits per heavy atom. The van der Waals surface area contributed by atoms with Gasteiger partial charge in [0.25, 0.3) is 0 Å². The van der Waals surface area contributed by atoms with Crippen molar-refractivity contribution in [3.8, 4) is 17.3 Å². The summed E-state index contributed by atoms with van der Waals surface area (Å²) < 4.78 is 14.3. The summed E-state index contributed by atoms with van der Waals surface area (Å²) in [7, 11) is 0. The van der Waals surface area contributed by atoms with Crippen LogP contribution in [0.25, 0.3) is 22.6 Å². The van der Waals surface area contributed by atoms with Crippen molar-refractivity contribution in [1.29, 1.82) is 0 Å². The molecule has 7 nitrogen and oxygen atoms in total. The molecule has 2 heterocycles. The molecular formula is C22H21BrN4O3S. The summed E-state index contributed by atoms with van der Waals surface area (Å²) in [6.45, 7) is 5.21. The third-order valence-corrected chi connectivity index (χ3v) is 5.97. The van der Waals surface area contributed by atoms with Crippen molar-refractivity contribution in [3.63, 3.8) is 0 Å². The molecule has 0 spiro atoms. The van der Waals surface area contributed by atoms with Crippen LogP contribution >= 0.6 is 27.7 Å². The second-order valence-electron chi connectivity index (χ2n) is 6.64. The van der Waals surface area contributed by atoms with Gasteiger partial charge in [-0.05, 0) is 62.4 Å². The molecule has 2 aromatic heterocycles. The van der Waals surface area contributed by atoms with Crippen LogP contribution in [-0.2, 0) is 11.3 Å². The number of furan rings is 1. The van der Waals surface area contributed by atoms with Crippen LogP contribution in [0.2, 0.25) is 0 Å². The number of carbonyl (C=O) groups excluding carboxylic acids is 1. The zero-order valence-electron chi connectivity index (χ0n) is 17.1. The zero-order valence-corrected chi connectivity index (χ0v) is 19.5. The van der Waals surface area contributed by atoms with Gasteiger partial charge < -0.3 is 14.5 Å². The lowest BCUT2D eigenvalue weighted by Gasteiger charge is -2.08. The fourth-order valence-electron chi connectivity index (χ4n) is 3.12. The van der Waals surface area contributed by atoms with E-state index in [0.717, 1.165) is 26.9 Å². The lowest BCUT2D eigenvalue weighted by molar-refractivity contribution is -0.113. The summed E-state index contributed by atoms with van der Waals surface area (Å²) in [4.78, 5) is 12.4. The predicted octanol–water partition coefficient (Wildman–Crippen LogP) is 5.60. The van der Waals surface area contributed by atoms with Crippen LogP contribution in [0.3, 0.4) is 0 Å². The quantitative estimate of drug-likeness (QED) is 0.317. The number of nitrogens with one attached hydrogen (secondary N) is 1. The first-order valence-corrected chi connectivity index (χ1v) is 11.6. The largest absolute Gasteiger partial charge is 0.494 e. The molecule has 0 aliphatic carbocycles. The number of carbonyl (C=O) groups is 1. The number of hydrogen-bond donors (Lipinski definition) is 1. The maximum Gasteiger partial charge on any atom is 0.234 e. The third-order valence-electron chi connectivity index (χ3n) is 4.51. The summed E-state index contributed by atoms with van der Waals surface area (Å²) in [5, 5.41) is 13.1. The molecule has 9 heteroatoms. The minimum absolute atomic E-state index is 0.116. The van der Waals surface area contributed by atoms with Crippen LogP contribution in [-0.4, -0.2) is 33.0 Å². The summed E-state index contributed by atoms with van der Waals surface area (Å²) >= 11 is 4.81. The molecule has 4 aromatic rings. The SMILES string of the molecule is CCOc1ccc(NC(=O)CSc2nnc(-c3cc4cc(Br)ccc4o3)n2CC)cc1. The molecule has 31 heavy (non-hydrogen) atoms. The van der Waals surface area contributed by atoms with Gasteiger partial charge >= 0.3 is 0 Å². The number of hydrogen-bond acceptors (Lipinski definition) is 6. The molecule has 160 valence electrons. The van der Waals surface area contributed by atoms with Crippen LogP contribution in [0.5, 0.6) is 5.75 Å². The first kappa shape index (κ1) is 21.5. The number of thioether (sulfide) groups is 1. The molecule has 2 aromatic carbocycles. The maximum atomic E-state index is 12.4. The normalized spacial score (nSPS) is 11.1. The van der Waals surface area contributed by atoms with Crippen molar-refractivity contribution in [2.24, 2.45) is 0 Å². The number of halogens is 1. The molecule has 0 fully saturated rings. The highest BCUT2D eigenvalue weighted by atomic mass is 79.9. The van der Waals surface area contributed by atoms with Gasteiger partial charge in [-0.25, -0.2) is 0 Å². The Labute approximate surface area is 192 Å². The number of fused-ring (bicyclic) bond motifs is 1. The Hall–Kier alpha value is -2.78. The first-order chi connectivity index (χ1) is 15.1. The lowest BCUT2D eigenvalue weighted by atomic mass is 10.2. The van der Waals surface area contributed by atoms with Crippen molar-refractivity contribution in [3.05, 3.63) is 53.0 Å². The van der Waals surface area contributed by atoms with E-state index in [2.05, 4.69) is 31.4 Å². The van der Waals surface area contributed by atoms with Gasteiger partial charge in [-0.3, -0.25) is 9.36 Å². The highest BCUT2D eigenvalue weighted by molar-refractivity contribution is 9.10. The summed E-state index contributed by atoms with van der Waals surface area (Å²) in [6.07, 6.45) is 0. The Morgan fingerprint density at radius 1 is 1.16 bits per heavy atom. The van der Waals surface area contributed by atoms with E-state index in [0.29, 0.717) is 29.9 Å². The smallest absolute Gasteiger partial charge is 0.234 e. The second kappa shape index (κ2) is 9.57. The van der Waals surface area contributed by atoms with Gasteiger partial charge in [-0.1, -0.05) is 27.7 Å². The number of anilines is 1. The lowest BCUT2D eigenvalue weighted by Crippen LogP contribution is -2.14. The summed E-state index contributed by atoms with van der Waals surface area (Å²) in [5.74, 6) is 2.17. The van der Waals surface area contributed by atoms with E-state index in [4.69, 9.17) is 9.15 Å². The highest BCUT2D eigenvalue weighted by Crippen LogP contribution is 2.30. The molecule has 4 rings (SSSR count). The van der Waals surface area contributed by atoms with E-state index in [1.165, 1.54) is 11.8 Å². The maximum absolute atomic E-state index is 12.4. The molecule has 0 saturated heterocycles. The van der Waals surface area contributed by atoms with Crippen molar-refractivity contribution in [1.82, 2.24) is 14.8 Å². The average molecular weight is 501 g/mol. The van der Waals surface area contributed by atoms with Crippen LogP contribution < -0.4 is 10.1 Å². The van der Waals surface area contributed by atoms with E-state index < -0.39 is 0 Å². The van der Waals surface area contributed by atoms with Crippen LogP contribution in [0.1, 0.15) is 13.8 Å². The van der Waals surface area contributed by atoms with Crippen molar-refractivity contribution < 1.29 is 13.9 Å². The molecule has 1 amide bonds. The average Bonchev–Trinajstić information content (AvgIpc) is 3.36. The molecule has 0 saturated carbocycles. The molecule has 1 N–H and O–H groups in total. The molecule has 0 radical (unpaired) electrons. The predicted molar refractivity (Wildman–Crippen MR) is 126 cm³/mol. The van der Waals surface area contributed by atoms with Crippen molar-refractivity contribution in [2.45, 2.75) is 25.5 Å². The molecule has 0 unspecified atom stereocenters. The second-order valence-corrected chi connectivity index (χ2v) is 8.50. The number of ether oxygens (including phenoxy) is 1. The van der Waals surface area contributed by atoms with Crippen molar-refractivity contribution in [2.75, 3.05) is 17.7 Å². The Kier molecular flexibility index (Phi) is 6.62. The van der Waals surface area contributed by atoms with Crippen LogP contribution in [0.4, 0.5) is 5.69 Å². The van der Waals surface area contributed by atoms with Crippen LogP contribution in [0, 0.1) is 0 Å². The van der Waals surface area contributed by atoms with Crippen LogP contribution in [0.15, 0.2) is 62.6 Å². The van der Waals surface area contributed by atoms with E-state index in [-0.39, 0.29) is 11.7 Å². The number of amides is 1. The van der Waals surface area contributed by atoms with E-state index in [1.807, 2.05) is 66.9 Å². The van der Waals surface area contributed by atoms with E-state index in [1.54, 1.807) is 0 Å². The Balaban J connectivity index is 1.44. The summed E-state index contributed by atoms with van der Waals surface area (Å²) in [5.41, 5.74) is 1.51. The molecular weight excluding hydrogens is 480 g/mol. The number of benzene rings is 2. The van der Waals surface area contributed by atoms with Gasteiger partial charge in [0.15, 0.2) is 10.9 Å². The van der Waals surface area contributed by atoms with Gasteiger partial charge in [0, 0.05) is 22.1 Å². The highest BCUT2D eigenvalue weighted by Gasteiger charge is 2.18. The standard InChI is InChI=1S/C22H21BrN4O3S/c1-3-27-21(19-12-14-11-15(23)5-10-18(14)30-19)25-26-22(27)31-13-20(28)24-16-6-8-17(9-7-16)29-4-2/h5-12H,3-4,13H2,1-2H3,(H,24,28). The van der Waals surface area contributed by atoms with Gasteiger partial charge in [-0.15, -0.1) is 10.2 Å². The Morgan fingerprint density at radius 3 is 2.71 bits per heavy atom. The molecule has 0 atom stereocenters. The number of aromatic nitrogens is 3. The number of rotatable bonds is 8. The molecule has 0 aliphatic heterocycles. The first-order valence-electron chi connectivity index (χ1n) is 9.85. The monoisotopic (exact) mass is 500 g/mol. The van der Waals surface area contributed by atoms with E-state index in [9.17, 15) is 4.79 Å². The van der Waals surface area contributed by atoms with E-state index >= 15 is 0 Å². The number of nitrogens with zero attached hydrogens (tertiary/aromatic N) is 3. The van der Waals surface area contributed by atoms with Gasteiger partial charge in [0.05, 0.1) is 12.4 Å². The van der Waals surface area contributed by atoms with Gasteiger partial charge in [-0.2, -0.15) is 0 Å². The molecule has 0 aliphatic rings. The fraction of sp³-hybridized carbons (Fsp3) is 0.227. The fourth-order valence-corrected chi connectivity index (χ4v) is 4.30. The van der Waals surface area contributed by atoms with Crippen molar-refractivity contribution >= 4 is 50.3 Å².